The van der Waals surface area contributed by atoms with Crippen LogP contribution in [0.15, 0.2) is 64.7 Å². The van der Waals surface area contributed by atoms with E-state index < -0.39 is 5.91 Å². The van der Waals surface area contributed by atoms with Gasteiger partial charge < -0.3 is 14.2 Å². The second kappa shape index (κ2) is 13.7. The number of hydrogen-bond acceptors (Lipinski definition) is 7. The monoisotopic (exact) mass is 684 g/mol. The number of hydrazone groups is 1. The Labute approximate surface area is 258 Å². The first kappa shape index (κ1) is 29.4. The predicted molar refractivity (Wildman–Crippen MR) is 173 cm³/mol. The lowest BCUT2D eigenvalue weighted by Crippen LogP contribution is -2.35. The minimum atomic E-state index is -0.434. The minimum Gasteiger partial charge on any atom is -0.490 e. The zero-order valence-corrected chi connectivity index (χ0v) is 26.0. The summed E-state index contributed by atoms with van der Waals surface area (Å²) in [4.78, 5) is 17.3. The molecule has 2 aromatic carbocycles. The van der Waals surface area contributed by atoms with Gasteiger partial charge in [0.25, 0.3) is 5.91 Å². The van der Waals surface area contributed by atoms with E-state index in [2.05, 4.69) is 34.2 Å². The lowest BCUT2D eigenvalue weighted by Gasteiger charge is -2.20. The van der Waals surface area contributed by atoms with Crippen LogP contribution in [0, 0.1) is 14.9 Å². The number of hydrogen-bond donors (Lipinski definition) is 1. The maximum atomic E-state index is 13.0. The van der Waals surface area contributed by atoms with Crippen LogP contribution in [0.5, 0.6) is 17.2 Å². The molecule has 1 N–H and O–H groups in total. The Hall–Kier alpha value is -3.12. The fourth-order valence-electron chi connectivity index (χ4n) is 5.03. The molecule has 0 unspecified atom stereocenters. The third kappa shape index (κ3) is 6.86. The Balaban J connectivity index is 1.30. The molecule has 2 aliphatic heterocycles. The topological polar surface area (TPSA) is 96.6 Å². The van der Waals surface area contributed by atoms with Crippen molar-refractivity contribution in [2.24, 2.45) is 16.0 Å². The molecule has 0 saturated heterocycles. The van der Waals surface area contributed by atoms with E-state index in [0.29, 0.717) is 42.4 Å². The van der Waals surface area contributed by atoms with Crippen LogP contribution in [0.1, 0.15) is 50.2 Å². The lowest BCUT2D eigenvalue weighted by molar-refractivity contribution is -0.114. The Bertz CT molecular complexity index is 1430. The van der Waals surface area contributed by atoms with E-state index in [1.165, 1.54) is 36.0 Å². The average Bonchev–Trinajstić information content (AvgIpc) is 3.40. The van der Waals surface area contributed by atoms with Crippen LogP contribution in [0.3, 0.4) is 0 Å². The molecular weight excluding hydrogens is 651 g/mol. The van der Waals surface area contributed by atoms with Crippen LogP contribution in [0.25, 0.3) is 6.08 Å². The summed E-state index contributed by atoms with van der Waals surface area (Å²) in [6.07, 6.45) is 10.1. The Kier molecular flexibility index (Phi) is 9.81. The van der Waals surface area contributed by atoms with E-state index in [9.17, 15) is 4.79 Å². The summed E-state index contributed by atoms with van der Waals surface area (Å²) in [6, 6.07) is 11.6. The van der Waals surface area contributed by atoms with Gasteiger partial charge >= 0.3 is 0 Å². The number of amidine groups is 2. The first-order chi connectivity index (χ1) is 20.0. The predicted octanol–water partition coefficient (Wildman–Crippen LogP) is 7.08. The Morgan fingerprint density at radius 1 is 1.12 bits per heavy atom. The van der Waals surface area contributed by atoms with Crippen molar-refractivity contribution in [3.05, 3.63) is 69.3 Å². The molecule has 3 aliphatic rings. The smallest absolute Gasteiger partial charge is 0.283 e. The van der Waals surface area contributed by atoms with Crippen LogP contribution in [-0.4, -0.2) is 46.8 Å². The van der Waals surface area contributed by atoms with Gasteiger partial charge in [0.05, 0.1) is 15.8 Å². The summed E-state index contributed by atoms with van der Waals surface area (Å²) in [6.45, 7) is 6.86. The summed E-state index contributed by atoms with van der Waals surface area (Å²) in [5.41, 5.74) is 1.99. The quantitative estimate of drug-likeness (QED) is 0.118. The van der Waals surface area contributed by atoms with Gasteiger partial charge in [-0.05, 0) is 95.9 Å². The van der Waals surface area contributed by atoms with E-state index in [1.807, 2.05) is 49.4 Å². The highest BCUT2D eigenvalue weighted by Gasteiger charge is 2.38. The molecule has 0 radical (unpaired) electrons. The van der Waals surface area contributed by atoms with Gasteiger partial charge in [0, 0.05) is 5.92 Å². The normalized spacial score (nSPS) is 18.2. The Morgan fingerprint density at radius 3 is 2.68 bits per heavy atom. The summed E-state index contributed by atoms with van der Waals surface area (Å²) in [7, 11) is 0. The molecule has 1 fully saturated rings. The molecule has 0 spiro atoms. The highest BCUT2D eigenvalue weighted by molar-refractivity contribution is 14.1. The van der Waals surface area contributed by atoms with Crippen LogP contribution < -0.4 is 14.2 Å². The molecule has 1 saturated carbocycles. The number of fused-ring (bicyclic) bond motifs is 1. The fraction of sp³-hybridized carbons (Fsp3) is 0.355. The number of halogens is 1. The first-order valence-corrected chi connectivity index (χ1v) is 15.8. The largest absolute Gasteiger partial charge is 0.490 e. The van der Waals surface area contributed by atoms with Gasteiger partial charge in [-0.15, -0.1) is 6.58 Å². The number of amides is 1. The second-order valence-electron chi connectivity index (χ2n) is 9.85. The number of carbonyl (C=O) groups is 1. The molecule has 41 heavy (non-hydrogen) atoms. The molecule has 10 heteroatoms. The summed E-state index contributed by atoms with van der Waals surface area (Å²) in [5.74, 6) is 1.98. The van der Waals surface area contributed by atoms with Gasteiger partial charge in [0.2, 0.25) is 5.17 Å². The SMILES string of the molecule is C=CCc1ccccc1OCCOc1c(I)cc(/C=C2/C(=N)N3N=C(C4CCCCC4)SC3=NC2=O)cc1OCC. The fourth-order valence-corrected chi connectivity index (χ4v) is 6.87. The standard InChI is InChI=1S/C31H33IN4O4S/c1-3-10-21-11-8-9-14-25(21)39-15-16-40-27-24(32)18-20(19-26(27)38-4-2)17-23-28(33)36-31(34-29(23)37)41-30(35-36)22-12-6-5-7-13-22/h3,8-9,11,14,17-19,22,33H,1,4-7,10,12-13,15-16H2,2H3/b23-17-,33-28?. The van der Waals surface area contributed by atoms with Crippen LogP contribution >= 0.6 is 34.4 Å². The molecule has 0 bridgehead atoms. The summed E-state index contributed by atoms with van der Waals surface area (Å²) < 4.78 is 18.8. The van der Waals surface area contributed by atoms with Crippen molar-refractivity contribution in [1.29, 1.82) is 5.41 Å². The highest BCUT2D eigenvalue weighted by Crippen LogP contribution is 2.38. The van der Waals surface area contributed by atoms with Gasteiger partial charge in [-0.25, -0.2) is 0 Å². The number of ether oxygens (including phenoxy) is 3. The van der Waals surface area contributed by atoms with Crippen molar-refractivity contribution in [1.82, 2.24) is 5.01 Å². The van der Waals surface area contributed by atoms with E-state index in [-0.39, 0.29) is 11.4 Å². The highest BCUT2D eigenvalue weighted by atomic mass is 127. The summed E-state index contributed by atoms with van der Waals surface area (Å²) in [5, 5.41) is 16.4. The number of carbonyl (C=O) groups excluding carboxylic acids is 1. The van der Waals surface area contributed by atoms with Crippen LogP contribution in [-0.2, 0) is 11.2 Å². The van der Waals surface area contributed by atoms with E-state index in [4.69, 9.17) is 24.7 Å². The molecule has 1 aliphatic carbocycles. The zero-order valence-electron chi connectivity index (χ0n) is 23.0. The van der Waals surface area contributed by atoms with Gasteiger partial charge in [-0.2, -0.15) is 15.1 Å². The molecular formula is C31H33IN4O4S. The molecule has 214 valence electrons. The van der Waals surface area contributed by atoms with E-state index in [1.54, 1.807) is 6.08 Å². The van der Waals surface area contributed by atoms with Gasteiger partial charge in [-0.1, -0.05) is 43.5 Å². The maximum Gasteiger partial charge on any atom is 0.283 e. The number of thioether (sulfide) groups is 1. The number of para-hydroxylation sites is 1. The second-order valence-corrected chi connectivity index (χ2v) is 12.0. The summed E-state index contributed by atoms with van der Waals surface area (Å²) >= 11 is 3.63. The molecule has 2 aromatic rings. The van der Waals surface area contributed by atoms with E-state index >= 15 is 0 Å². The third-order valence-corrected chi connectivity index (χ3v) is 8.86. The van der Waals surface area contributed by atoms with Crippen molar-refractivity contribution in [3.8, 4) is 17.2 Å². The van der Waals surface area contributed by atoms with Gasteiger partial charge in [-0.3, -0.25) is 10.2 Å². The number of rotatable bonds is 11. The van der Waals surface area contributed by atoms with Crippen molar-refractivity contribution in [3.63, 3.8) is 0 Å². The van der Waals surface area contributed by atoms with Gasteiger partial charge in [0.1, 0.15) is 24.0 Å². The lowest BCUT2D eigenvalue weighted by atomic mass is 9.90. The van der Waals surface area contributed by atoms with Gasteiger partial charge in [0.15, 0.2) is 17.3 Å². The first-order valence-electron chi connectivity index (χ1n) is 13.9. The van der Waals surface area contributed by atoms with Crippen molar-refractivity contribution in [2.75, 3.05) is 19.8 Å². The van der Waals surface area contributed by atoms with E-state index in [0.717, 1.165) is 44.8 Å². The van der Waals surface area contributed by atoms with Crippen LogP contribution in [0.4, 0.5) is 0 Å². The minimum absolute atomic E-state index is 0.0421. The zero-order chi connectivity index (χ0) is 28.8. The van der Waals surface area contributed by atoms with Crippen molar-refractivity contribution in [2.45, 2.75) is 45.4 Å². The molecule has 0 atom stereocenters. The number of allylic oxidation sites excluding steroid dienone is 1. The molecule has 8 nitrogen and oxygen atoms in total. The number of nitrogens with one attached hydrogen (secondary N) is 1. The maximum absolute atomic E-state index is 13.0. The number of nitrogens with zero attached hydrogens (tertiary/aromatic N) is 3. The average molecular weight is 685 g/mol. The third-order valence-electron chi connectivity index (χ3n) is 6.99. The van der Waals surface area contributed by atoms with Crippen molar-refractivity contribution < 1.29 is 19.0 Å². The molecule has 5 rings (SSSR count). The molecule has 0 aromatic heterocycles. The molecule has 1 amide bonds. The molecule has 2 heterocycles. The number of aliphatic imine (C=N–C) groups is 1. The number of benzene rings is 2. The van der Waals surface area contributed by atoms with Crippen LogP contribution in [0.2, 0.25) is 0 Å². The Morgan fingerprint density at radius 2 is 1.90 bits per heavy atom. The van der Waals surface area contributed by atoms with Crippen molar-refractivity contribution >= 4 is 62.4 Å².